The molecule has 2 heterocycles. The first-order valence-electron chi connectivity index (χ1n) is 15.5. The van der Waals surface area contributed by atoms with Crippen LogP contribution in [0.5, 0.6) is 0 Å². The molecular weight excluding hydrogens is 644 g/mol. The number of hydrogen-bond acceptors (Lipinski definition) is 9. The number of pyridine rings is 1. The van der Waals surface area contributed by atoms with Gasteiger partial charge in [0.2, 0.25) is 16.0 Å². The highest BCUT2D eigenvalue weighted by Gasteiger charge is 2.30. The standard InChI is InChI=1S/C31H42F4N6O5S/c1-20(2)41-28-22(19-36-30(38-28)37-23-6-8-24(9-7-23)40(12-14-45-3)13-15-46-4)17-25(29(41)42)21-5-10-27(26(32)18-21)39-47(43,44)16-11-31(33,34)35/h5,10,17-20,23-24,39H,6-9,11-16H2,1-4H3,(H,36,37,38)/t23-,24-. The fraction of sp³-hybridized carbons (Fsp3) is 0.581. The van der Waals surface area contributed by atoms with E-state index in [0.29, 0.717) is 36.2 Å². The minimum Gasteiger partial charge on any atom is -0.383 e. The minimum absolute atomic E-state index is 0.130. The van der Waals surface area contributed by atoms with Gasteiger partial charge in [-0.15, -0.1) is 0 Å². The molecule has 1 aromatic carbocycles. The van der Waals surface area contributed by atoms with E-state index in [0.717, 1.165) is 50.9 Å². The van der Waals surface area contributed by atoms with Crippen LogP contribution in [0.15, 0.2) is 35.3 Å². The highest BCUT2D eigenvalue weighted by molar-refractivity contribution is 7.92. The van der Waals surface area contributed by atoms with Gasteiger partial charge in [0.25, 0.3) is 5.56 Å². The average molecular weight is 687 g/mol. The van der Waals surface area contributed by atoms with Gasteiger partial charge in [-0.3, -0.25) is 19.0 Å². The molecule has 0 atom stereocenters. The second-order valence-electron chi connectivity index (χ2n) is 12.0. The fourth-order valence-electron chi connectivity index (χ4n) is 5.77. The first kappa shape index (κ1) is 36.5. The minimum atomic E-state index is -4.68. The number of halogens is 4. The summed E-state index contributed by atoms with van der Waals surface area (Å²) in [5.74, 6) is -1.90. The number of nitrogens with zero attached hydrogens (tertiary/aromatic N) is 4. The van der Waals surface area contributed by atoms with E-state index in [4.69, 9.17) is 14.5 Å². The van der Waals surface area contributed by atoms with Gasteiger partial charge in [0.1, 0.15) is 11.5 Å². The van der Waals surface area contributed by atoms with Gasteiger partial charge in [0.15, 0.2) is 0 Å². The summed E-state index contributed by atoms with van der Waals surface area (Å²) in [6.07, 6.45) is -0.851. The van der Waals surface area contributed by atoms with Gasteiger partial charge in [0.05, 0.1) is 31.1 Å². The maximum absolute atomic E-state index is 15.0. The van der Waals surface area contributed by atoms with E-state index in [2.05, 4.69) is 15.2 Å². The lowest BCUT2D eigenvalue weighted by atomic mass is 9.90. The van der Waals surface area contributed by atoms with Crippen molar-refractivity contribution in [3.63, 3.8) is 0 Å². The van der Waals surface area contributed by atoms with Crippen molar-refractivity contribution in [1.82, 2.24) is 19.4 Å². The van der Waals surface area contributed by atoms with Crippen molar-refractivity contribution in [2.24, 2.45) is 0 Å². The number of alkyl halides is 3. The molecule has 1 aliphatic carbocycles. The molecule has 0 unspecified atom stereocenters. The highest BCUT2D eigenvalue weighted by atomic mass is 32.2. The van der Waals surface area contributed by atoms with Gasteiger partial charge < -0.3 is 14.8 Å². The van der Waals surface area contributed by atoms with Gasteiger partial charge in [-0.05, 0) is 63.3 Å². The Labute approximate surface area is 271 Å². The predicted molar refractivity (Wildman–Crippen MR) is 173 cm³/mol. The Morgan fingerprint density at radius 3 is 2.30 bits per heavy atom. The number of sulfonamides is 1. The molecule has 3 aromatic rings. The summed E-state index contributed by atoms with van der Waals surface area (Å²) >= 11 is 0. The van der Waals surface area contributed by atoms with Crippen LogP contribution in [0.25, 0.3) is 22.2 Å². The molecular formula is C31H42F4N6O5S. The van der Waals surface area contributed by atoms with E-state index in [1.165, 1.54) is 10.6 Å². The van der Waals surface area contributed by atoms with Gasteiger partial charge in [0, 0.05) is 62.6 Å². The molecule has 0 aliphatic heterocycles. The number of benzene rings is 1. The van der Waals surface area contributed by atoms with Crippen molar-refractivity contribution in [2.75, 3.05) is 56.3 Å². The Bertz CT molecular complexity index is 1670. The quantitative estimate of drug-likeness (QED) is 0.208. The van der Waals surface area contributed by atoms with Gasteiger partial charge >= 0.3 is 6.18 Å². The summed E-state index contributed by atoms with van der Waals surface area (Å²) in [6.45, 7) is 6.63. The molecule has 0 radical (unpaired) electrons. The summed E-state index contributed by atoms with van der Waals surface area (Å²) in [7, 11) is -1.07. The Morgan fingerprint density at radius 1 is 1.06 bits per heavy atom. The first-order chi connectivity index (χ1) is 22.2. The van der Waals surface area contributed by atoms with Crippen molar-refractivity contribution in [2.45, 2.75) is 70.3 Å². The van der Waals surface area contributed by atoms with E-state index in [9.17, 15) is 30.8 Å². The van der Waals surface area contributed by atoms with Crippen LogP contribution in [0.2, 0.25) is 0 Å². The van der Waals surface area contributed by atoms with Gasteiger partial charge in [-0.1, -0.05) is 6.07 Å². The Morgan fingerprint density at radius 2 is 1.72 bits per heavy atom. The SMILES string of the molecule is COCCN(CCOC)[C@H]1CC[C@H](Nc2ncc3cc(-c4ccc(NS(=O)(=O)CCC(F)(F)F)c(F)c4)c(=O)n(C(C)C)c3n2)CC1. The van der Waals surface area contributed by atoms with Crippen LogP contribution in [0.3, 0.4) is 0 Å². The maximum atomic E-state index is 15.0. The lowest BCUT2D eigenvalue weighted by Crippen LogP contribution is -2.43. The van der Waals surface area contributed by atoms with Crippen LogP contribution in [-0.4, -0.2) is 92.4 Å². The molecule has 4 rings (SSSR count). The van der Waals surface area contributed by atoms with E-state index in [1.807, 2.05) is 18.6 Å². The number of rotatable bonds is 15. The molecule has 0 amide bonds. The van der Waals surface area contributed by atoms with Crippen LogP contribution >= 0.6 is 0 Å². The normalized spacial score (nSPS) is 17.5. The number of hydrogen-bond donors (Lipinski definition) is 2. The fourth-order valence-corrected chi connectivity index (χ4v) is 6.87. The average Bonchev–Trinajstić information content (AvgIpc) is 3.01. The summed E-state index contributed by atoms with van der Waals surface area (Å²) in [5.41, 5.74) is -0.272. The number of anilines is 2. The van der Waals surface area contributed by atoms with Crippen LogP contribution < -0.4 is 15.6 Å². The van der Waals surface area contributed by atoms with Crippen LogP contribution in [0.1, 0.15) is 52.0 Å². The number of fused-ring (bicyclic) bond motifs is 1. The van der Waals surface area contributed by atoms with Crippen LogP contribution in [0, 0.1) is 5.82 Å². The topological polar surface area (TPSA) is 128 Å². The van der Waals surface area contributed by atoms with E-state index in [1.54, 1.807) is 26.5 Å². The zero-order chi connectivity index (χ0) is 34.4. The molecule has 47 heavy (non-hydrogen) atoms. The molecule has 1 saturated carbocycles. The predicted octanol–water partition coefficient (Wildman–Crippen LogP) is 5.19. The van der Waals surface area contributed by atoms with E-state index >= 15 is 0 Å². The molecule has 1 fully saturated rings. The third-order valence-corrected chi connectivity index (χ3v) is 9.47. The molecule has 0 spiro atoms. The van der Waals surface area contributed by atoms with Crippen LogP contribution in [-0.2, 0) is 19.5 Å². The first-order valence-corrected chi connectivity index (χ1v) is 17.1. The largest absolute Gasteiger partial charge is 0.390 e. The molecule has 0 saturated heterocycles. The smallest absolute Gasteiger partial charge is 0.383 e. The number of ether oxygens (including phenoxy) is 2. The summed E-state index contributed by atoms with van der Waals surface area (Å²) in [4.78, 5) is 25.3. The zero-order valence-electron chi connectivity index (χ0n) is 26.9. The number of aromatic nitrogens is 3. The van der Waals surface area contributed by atoms with Crippen LogP contribution in [0.4, 0.5) is 29.2 Å². The second kappa shape index (κ2) is 15.7. The monoisotopic (exact) mass is 686 g/mol. The zero-order valence-corrected chi connectivity index (χ0v) is 27.8. The third-order valence-electron chi connectivity index (χ3n) is 8.20. The molecule has 2 N–H and O–H groups in total. The maximum Gasteiger partial charge on any atom is 0.390 e. The van der Waals surface area contributed by atoms with Crippen molar-refractivity contribution in [1.29, 1.82) is 0 Å². The highest BCUT2D eigenvalue weighted by Crippen LogP contribution is 2.29. The summed E-state index contributed by atoms with van der Waals surface area (Å²) in [6, 6.07) is 5.17. The lowest BCUT2D eigenvalue weighted by Gasteiger charge is -2.37. The van der Waals surface area contributed by atoms with Crippen molar-refractivity contribution in [3.8, 4) is 11.1 Å². The summed E-state index contributed by atoms with van der Waals surface area (Å²) < 4.78 is 90.5. The molecule has 16 heteroatoms. The molecule has 1 aliphatic rings. The number of methoxy groups -OCH3 is 2. The van der Waals surface area contributed by atoms with Crippen molar-refractivity contribution >= 4 is 32.7 Å². The summed E-state index contributed by atoms with van der Waals surface area (Å²) in [5, 5.41) is 3.96. The molecule has 2 aromatic heterocycles. The van der Waals surface area contributed by atoms with Gasteiger partial charge in [-0.2, -0.15) is 18.2 Å². The van der Waals surface area contributed by atoms with Gasteiger partial charge in [-0.25, -0.2) is 17.8 Å². The lowest BCUT2D eigenvalue weighted by molar-refractivity contribution is -0.129. The Balaban J connectivity index is 1.53. The molecule has 0 bridgehead atoms. The third kappa shape index (κ3) is 9.84. The Kier molecular flexibility index (Phi) is 12.2. The van der Waals surface area contributed by atoms with E-state index < -0.39 is 45.4 Å². The molecule has 11 nitrogen and oxygen atoms in total. The van der Waals surface area contributed by atoms with Crippen molar-refractivity contribution < 1.29 is 35.5 Å². The van der Waals surface area contributed by atoms with Crippen molar-refractivity contribution in [3.05, 3.63) is 46.6 Å². The second-order valence-corrected chi connectivity index (χ2v) is 13.8. The molecule has 260 valence electrons. The number of nitrogens with one attached hydrogen (secondary N) is 2. The van der Waals surface area contributed by atoms with E-state index in [-0.39, 0.29) is 23.2 Å². The Hall–Kier alpha value is -3.34.